The van der Waals surface area contributed by atoms with E-state index in [-0.39, 0.29) is 24.1 Å². The predicted octanol–water partition coefficient (Wildman–Crippen LogP) is 2.51. The fraction of sp³-hybridized carbons (Fsp3) is 0.571. The monoisotopic (exact) mass is 288 g/mol. The summed E-state index contributed by atoms with van der Waals surface area (Å²) in [7, 11) is -3.23. The van der Waals surface area contributed by atoms with Crippen molar-refractivity contribution < 1.29 is 17.9 Å². The number of halogens is 1. The summed E-state index contributed by atoms with van der Waals surface area (Å²) < 4.78 is 36.3. The van der Waals surface area contributed by atoms with Crippen LogP contribution >= 0.6 is 0 Å². The van der Waals surface area contributed by atoms with Crippen molar-refractivity contribution in [1.82, 2.24) is 0 Å². The molecule has 3 nitrogen and oxygen atoms in total. The minimum Gasteiger partial charge on any atom is -0.396 e. The Hall–Kier alpha value is -0.940. The summed E-state index contributed by atoms with van der Waals surface area (Å²) >= 11 is 0. The molecule has 0 bridgehead atoms. The van der Waals surface area contributed by atoms with Gasteiger partial charge in [0.05, 0.1) is 10.5 Å². The van der Waals surface area contributed by atoms with E-state index in [1.165, 1.54) is 12.1 Å². The summed E-state index contributed by atoms with van der Waals surface area (Å²) in [6.45, 7) is 4.76. The van der Waals surface area contributed by atoms with Crippen molar-refractivity contribution in [1.29, 1.82) is 0 Å². The maximum Gasteiger partial charge on any atom is 0.155 e. The molecule has 1 unspecified atom stereocenters. The molecule has 0 amide bonds. The van der Waals surface area contributed by atoms with Gasteiger partial charge >= 0.3 is 0 Å². The smallest absolute Gasteiger partial charge is 0.155 e. The van der Waals surface area contributed by atoms with Crippen molar-refractivity contribution in [2.24, 2.45) is 0 Å². The second-order valence-electron chi connectivity index (χ2n) is 5.65. The normalized spacial score (nSPS) is 14.4. The van der Waals surface area contributed by atoms with Crippen molar-refractivity contribution in [2.75, 3.05) is 12.4 Å². The Kier molecular flexibility index (Phi) is 5.10. The highest BCUT2D eigenvalue weighted by atomic mass is 32.2. The van der Waals surface area contributed by atoms with Crippen LogP contribution < -0.4 is 0 Å². The van der Waals surface area contributed by atoms with Gasteiger partial charge in [-0.15, -0.1) is 0 Å². The van der Waals surface area contributed by atoms with Crippen LogP contribution in [0.25, 0.3) is 0 Å². The van der Waals surface area contributed by atoms with Gasteiger partial charge in [-0.1, -0.05) is 12.1 Å². The zero-order valence-corrected chi connectivity index (χ0v) is 12.4. The Balaban J connectivity index is 2.80. The summed E-state index contributed by atoms with van der Waals surface area (Å²) in [4.78, 5) is 0. The number of aliphatic hydroxyl groups excluding tert-OH is 1. The molecule has 19 heavy (non-hydrogen) atoms. The van der Waals surface area contributed by atoms with Crippen molar-refractivity contribution in [3.05, 3.63) is 35.6 Å². The van der Waals surface area contributed by atoms with Crippen molar-refractivity contribution in [2.45, 2.75) is 37.9 Å². The SMILES string of the molecule is CC(C)(C)S(=O)(=O)CCC(CO)c1cccc(F)c1. The third-order valence-electron chi connectivity index (χ3n) is 3.21. The molecule has 0 aliphatic carbocycles. The van der Waals surface area contributed by atoms with E-state index < -0.39 is 14.6 Å². The summed E-state index contributed by atoms with van der Waals surface area (Å²) in [5.74, 6) is -0.749. The lowest BCUT2D eigenvalue weighted by Gasteiger charge is -2.21. The van der Waals surface area contributed by atoms with Crippen molar-refractivity contribution in [3.8, 4) is 0 Å². The average Bonchev–Trinajstić information content (AvgIpc) is 2.28. The number of aliphatic hydroxyl groups is 1. The fourth-order valence-electron chi connectivity index (χ4n) is 1.73. The minimum atomic E-state index is -3.23. The predicted molar refractivity (Wildman–Crippen MR) is 74.4 cm³/mol. The van der Waals surface area contributed by atoms with Crippen LogP contribution in [-0.4, -0.2) is 30.6 Å². The van der Waals surface area contributed by atoms with Crippen LogP contribution in [0.3, 0.4) is 0 Å². The second kappa shape index (κ2) is 6.01. The minimum absolute atomic E-state index is 0.0156. The van der Waals surface area contributed by atoms with Crippen LogP contribution in [0.15, 0.2) is 24.3 Å². The van der Waals surface area contributed by atoms with Crippen LogP contribution in [0.5, 0.6) is 0 Å². The molecule has 0 saturated heterocycles. The molecule has 1 rings (SSSR count). The molecule has 0 aromatic heterocycles. The van der Waals surface area contributed by atoms with Crippen molar-refractivity contribution >= 4 is 9.84 Å². The molecule has 108 valence electrons. The van der Waals surface area contributed by atoms with E-state index in [9.17, 15) is 17.9 Å². The Morgan fingerprint density at radius 3 is 2.42 bits per heavy atom. The van der Waals surface area contributed by atoms with Crippen LogP contribution in [0.2, 0.25) is 0 Å². The summed E-state index contributed by atoms with van der Waals surface area (Å²) in [6.07, 6.45) is 0.291. The van der Waals surface area contributed by atoms with E-state index in [0.717, 1.165) is 0 Å². The highest BCUT2D eigenvalue weighted by Crippen LogP contribution is 2.24. The van der Waals surface area contributed by atoms with Crippen LogP contribution in [0.4, 0.5) is 4.39 Å². The molecule has 0 heterocycles. The number of rotatable bonds is 5. The molecule has 5 heteroatoms. The van der Waals surface area contributed by atoms with Gasteiger partial charge in [0.1, 0.15) is 5.82 Å². The second-order valence-corrected chi connectivity index (χ2v) is 8.52. The van der Waals surface area contributed by atoms with Gasteiger partial charge in [-0.3, -0.25) is 0 Å². The Morgan fingerprint density at radius 1 is 1.32 bits per heavy atom. The third-order valence-corrected chi connectivity index (χ3v) is 5.85. The van der Waals surface area contributed by atoms with E-state index >= 15 is 0 Å². The highest BCUT2D eigenvalue weighted by Gasteiger charge is 2.29. The first-order valence-electron chi connectivity index (χ1n) is 6.26. The van der Waals surface area contributed by atoms with E-state index in [1.807, 2.05) is 0 Å². The number of hydrogen-bond acceptors (Lipinski definition) is 3. The number of hydrogen-bond donors (Lipinski definition) is 1. The van der Waals surface area contributed by atoms with Crippen LogP contribution in [-0.2, 0) is 9.84 Å². The van der Waals surface area contributed by atoms with E-state index in [2.05, 4.69) is 0 Å². The van der Waals surface area contributed by atoms with Gasteiger partial charge in [0.15, 0.2) is 9.84 Å². The molecule has 1 N–H and O–H groups in total. The molecular weight excluding hydrogens is 267 g/mol. The number of benzene rings is 1. The Labute approximate surface area is 114 Å². The maximum atomic E-state index is 13.1. The highest BCUT2D eigenvalue weighted by molar-refractivity contribution is 7.92. The van der Waals surface area contributed by atoms with E-state index in [0.29, 0.717) is 12.0 Å². The van der Waals surface area contributed by atoms with Crippen LogP contribution in [0, 0.1) is 5.82 Å². The van der Waals surface area contributed by atoms with Gasteiger partial charge in [-0.05, 0) is 44.9 Å². The Bertz CT molecular complexity index is 518. The van der Waals surface area contributed by atoms with Gasteiger partial charge in [0.2, 0.25) is 0 Å². The van der Waals surface area contributed by atoms with Crippen LogP contribution in [0.1, 0.15) is 38.7 Å². The lowest BCUT2D eigenvalue weighted by atomic mass is 9.97. The standard InChI is InChI=1S/C14H21FO3S/c1-14(2,3)19(17,18)8-7-12(10-16)11-5-4-6-13(15)9-11/h4-6,9,12,16H,7-8,10H2,1-3H3. The van der Waals surface area contributed by atoms with Gasteiger partial charge in [-0.25, -0.2) is 12.8 Å². The van der Waals surface area contributed by atoms with Gasteiger partial charge in [0.25, 0.3) is 0 Å². The molecule has 0 aliphatic heterocycles. The molecule has 0 radical (unpaired) electrons. The average molecular weight is 288 g/mol. The summed E-state index contributed by atoms with van der Waals surface area (Å²) in [5, 5.41) is 9.35. The van der Waals surface area contributed by atoms with E-state index in [1.54, 1.807) is 32.9 Å². The summed E-state index contributed by atoms with van der Waals surface area (Å²) in [5.41, 5.74) is 0.631. The van der Waals surface area contributed by atoms with Gasteiger partial charge in [0, 0.05) is 12.5 Å². The first-order valence-corrected chi connectivity index (χ1v) is 7.91. The van der Waals surface area contributed by atoms with Crippen molar-refractivity contribution in [3.63, 3.8) is 0 Å². The maximum absolute atomic E-state index is 13.1. The topological polar surface area (TPSA) is 54.4 Å². The lowest BCUT2D eigenvalue weighted by molar-refractivity contribution is 0.262. The number of sulfone groups is 1. The molecule has 0 aliphatic rings. The largest absolute Gasteiger partial charge is 0.396 e. The molecule has 0 spiro atoms. The molecular formula is C14H21FO3S. The zero-order valence-electron chi connectivity index (χ0n) is 11.6. The molecule has 0 fully saturated rings. The summed E-state index contributed by atoms with van der Waals surface area (Å²) in [6, 6.07) is 5.92. The Morgan fingerprint density at radius 2 is 1.95 bits per heavy atom. The molecule has 0 saturated carbocycles. The molecule has 1 aromatic carbocycles. The molecule has 1 aromatic rings. The first-order chi connectivity index (χ1) is 8.67. The first kappa shape index (κ1) is 16.1. The van der Waals surface area contributed by atoms with E-state index in [4.69, 9.17) is 0 Å². The van der Waals surface area contributed by atoms with Gasteiger partial charge < -0.3 is 5.11 Å². The quantitative estimate of drug-likeness (QED) is 0.905. The van der Waals surface area contributed by atoms with Gasteiger partial charge in [-0.2, -0.15) is 0 Å². The fourth-order valence-corrected chi connectivity index (χ4v) is 2.93. The molecule has 1 atom stereocenters. The lowest BCUT2D eigenvalue weighted by Crippen LogP contribution is -2.31. The zero-order chi connectivity index (χ0) is 14.7. The third kappa shape index (κ3) is 4.28.